The van der Waals surface area contributed by atoms with E-state index in [-0.39, 0.29) is 0 Å². The summed E-state index contributed by atoms with van der Waals surface area (Å²) in [7, 11) is 0. The van der Waals surface area contributed by atoms with Crippen LogP contribution in [0.4, 0.5) is 0 Å². The van der Waals surface area contributed by atoms with E-state index >= 15 is 0 Å². The molecule has 0 amide bonds. The van der Waals surface area contributed by atoms with E-state index in [1.165, 1.54) is 17.1 Å². The first-order chi connectivity index (χ1) is 5.36. The van der Waals surface area contributed by atoms with E-state index in [1.807, 2.05) is 0 Å². The van der Waals surface area contributed by atoms with Gasteiger partial charge in [0, 0.05) is 11.8 Å². The third-order valence-corrected chi connectivity index (χ3v) is 2.61. The highest BCUT2D eigenvalue weighted by Gasteiger charge is 1.98. The van der Waals surface area contributed by atoms with Gasteiger partial charge in [0.05, 0.1) is 10.7 Å². The Labute approximate surface area is 77.3 Å². The fraction of sp³-hybridized carbons (Fsp3) is 0.625. The van der Waals surface area contributed by atoms with E-state index in [1.54, 1.807) is 11.3 Å². The molecule has 1 aromatic rings. The van der Waals surface area contributed by atoms with Crippen LogP contribution in [0, 0.1) is 0 Å². The first-order valence-corrected chi connectivity index (χ1v) is 5.42. The van der Waals surface area contributed by atoms with Gasteiger partial charge < -0.3 is 0 Å². The molecule has 0 aliphatic carbocycles. The summed E-state index contributed by atoms with van der Waals surface area (Å²) in [5.41, 5.74) is 1.24. The SMILES string of the molecule is CCCc1csc(CCS)n1. The minimum absolute atomic E-state index is 0.902. The Bertz CT molecular complexity index is 187. The number of hydrogen-bond acceptors (Lipinski definition) is 3. The van der Waals surface area contributed by atoms with Gasteiger partial charge in [-0.15, -0.1) is 11.3 Å². The summed E-state index contributed by atoms with van der Waals surface area (Å²) < 4.78 is 0. The predicted octanol–water partition coefficient (Wildman–Crippen LogP) is 2.57. The molecule has 0 saturated carbocycles. The van der Waals surface area contributed by atoms with Crippen LogP contribution in [-0.4, -0.2) is 10.7 Å². The smallest absolute Gasteiger partial charge is 0.0936 e. The monoisotopic (exact) mass is 187 g/mol. The normalized spacial score (nSPS) is 10.4. The number of hydrogen-bond donors (Lipinski definition) is 1. The Hall–Kier alpha value is -0.0200. The van der Waals surface area contributed by atoms with Crippen LogP contribution in [-0.2, 0) is 12.8 Å². The summed E-state index contributed by atoms with van der Waals surface area (Å²) in [5.74, 6) is 0.902. The zero-order chi connectivity index (χ0) is 8.10. The van der Waals surface area contributed by atoms with Crippen molar-refractivity contribution in [3.05, 3.63) is 16.1 Å². The summed E-state index contributed by atoms with van der Waals surface area (Å²) in [6.45, 7) is 2.18. The largest absolute Gasteiger partial charge is 0.246 e. The average molecular weight is 187 g/mol. The number of aryl methyl sites for hydroxylation is 2. The van der Waals surface area contributed by atoms with Crippen molar-refractivity contribution in [1.29, 1.82) is 0 Å². The number of nitrogens with zero attached hydrogens (tertiary/aromatic N) is 1. The Balaban J connectivity index is 2.51. The van der Waals surface area contributed by atoms with Crippen molar-refractivity contribution in [3.8, 4) is 0 Å². The molecule has 0 bridgehead atoms. The van der Waals surface area contributed by atoms with Crippen LogP contribution in [0.2, 0.25) is 0 Å². The van der Waals surface area contributed by atoms with Crippen LogP contribution < -0.4 is 0 Å². The fourth-order valence-electron chi connectivity index (χ4n) is 0.930. The number of aromatic nitrogens is 1. The molecule has 62 valence electrons. The Morgan fingerprint density at radius 2 is 2.36 bits per heavy atom. The maximum absolute atomic E-state index is 4.46. The molecule has 0 aromatic carbocycles. The zero-order valence-corrected chi connectivity index (χ0v) is 8.42. The van der Waals surface area contributed by atoms with Gasteiger partial charge in [-0.3, -0.25) is 0 Å². The standard InChI is InChI=1S/C8H13NS2/c1-2-3-7-6-11-8(9-7)4-5-10/h6,10H,2-5H2,1H3. The third kappa shape index (κ3) is 2.83. The molecule has 1 rings (SSSR count). The average Bonchev–Trinajstić information content (AvgIpc) is 2.38. The van der Waals surface area contributed by atoms with Gasteiger partial charge >= 0.3 is 0 Å². The van der Waals surface area contributed by atoms with Gasteiger partial charge in [-0.1, -0.05) is 13.3 Å². The Morgan fingerprint density at radius 1 is 1.55 bits per heavy atom. The molecule has 0 N–H and O–H groups in total. The lowest BCUT2D eigenvalue weighted by Crippen LogP contribution is -1.87. The molecule has 0 saturated heterocycles. The molecule has 1 aromatic heterocycles. The highest BCUT2D eigenvalue weighted by molar-refractivity contribution is 7.80. The molecule has 0 spiro atoms. The topological polar surface area (TPSA) is 12.9 Å². The van der Waals surface area contributed by atoms with Crippen molar-refractivity contribution in [2.45, 2.75) is 26.2 Å². The maximum Gasteiger partial charge on any atom is 0.0936 e. The number of rotatable bonds is 4. The summed E-state index contributed by atoms with van der Waals surface area (Å²) in [6, 6.07) is 0. The van der Waals surface area contributed by atoms with Gasteiger partial charge in [-0.25, -0.2) is 4.98 Å². The summed E-state index contributed by atoms with van der Waals surface area (Å²) in [4.78, 5) is 4.46. The van der Waals surface area contributed by atoms with Gasteiger partial charge in [-0.05, 0) is 12.2 Å². The quantitative estimate of drug-likeness (QED) is 0.715. The lowest BCUT2D eigenvalue weighted by Gasteiger charge is -1.89. The summed E-state index contributed by atoms with van der Waals surface area (Å²) in [6.07, 6.45) is 3.31. The van der Waals surface area contributed by atoms with Crippen molar-refractivity contribution in [2.75, 3.05) is 5.75 Å². The molecule has 1 nitrogen and oxygen atoms in total. The second-order valence-corrected chi connectivity index (χ2v) is 3.85. The molecule has 3 heteroatoms. The van der Waals surface area contributed by atoms with Gasteiger partial charge in [0.15, 0.2) is 0 Å². The van der Waals surface area contributed by atoms with Crippen LogP contribution in [0.5, 0.6) is 0 Å². The fourth-order valence-corrected chi connectivity index (χ4v) is 2.13. The predicted molar refractivity (Wildman–Crippen MR) is 53.7 cm³/mol. The third-order valence-electron chi connectivity index (χ3n) is 1.43. The van der Waals surface area contributed by atoms with Gasteiger partial charge in [0.25, 0.3) is 0 Å². The van der Waals surface area contributed by atoms with Crippen LogP contribution in [0.3, 0.4) is 0 Å². The van der Waals surface area contributed by atoms with E-state index in [0.717, 1.165) is 18.6 Å². The maximum atomic E-state index is 4.46. The van der Waals surface area contributed by atoms with Crippen LogP contribution in [0.15, 0.2) is 5.38 Å². The first-order valence-electron chi connectivity index (χ1n) is 3.91. The van der Waals surface area contributed by atoms with E-state index in [0.29, 0.717) is 0 Å². The molecule has 1 heterocycles. The van der Waals surface area contributed by atoms with Gasteiger partial charge in [0.2, 0.25) is 0 Å². The number of thiol groups is 1. The lowest BCUT2D eigenvalue weighted by atomic mass is 10.3. The van der Waals surface area contributed by atoms with E-state index < -0.39 is 0 Å². The van der Waals surface area contributed by atoms with Crippen molar-refractivity contribution in [2.24, 2.45) is 0 Å². The minimum Gasteiger partial charge on any atom is -0.246 e. The van der Waals surface area contributed by atoms with Crippen LogP contribution >= 0.6 is 24.0 Å². The molecule has 0 fully saturated rings. The van der Waals surface area contributed by atoms with Crippen LogP contribution in [0.25, 0.3) is 0 Å². The number of thiazole rings is 1. The summed E-state index contributed by atoms with van der Waals surface area (Å²) >= 11 is 5.91. The van der Waals surface area contributed by atoms with Crippen molar-refractivity contribution < 1.29 is 0 Å². The molecule has 0 radical (unpaired) electrons. The van der Waals surface area contributed by atoms with Gasteiger partial charge in [-0.2, -0.15) is 12.6 Å². The molecule has 11 heavy (non-hydrogen) atoms. The van der Waals surface area contributed by atoms with E-state index in [2.05, 4.69) is 29.9 Å². The molecule has 0 atom stereocenters. The Morgan fingerprint density at radius 3 is 3.00 bits per heavy atom. The highest BCUT2D eigenvalue weighted by atomic mass is 32.1. The van der Waals surface area contributed by atoms with Crippen molar-refractivity contribution in [1.82, 2.24) is 4.98 Å². The zero-order valence-electron chi connectivity index (χ0n) is 6.71. The molecular formula is C8H13NS2. The molecule has 0 aliphatic heterocycles. The van der Waals surface area contributed by atoms with E-state index in [9.17, 15) is 0 Å². The molecule has 0 aliphatic rings. The summed E-state index contributed by atoms with van der Waals surface area (Å²) in [5, 5.41) is 3.38. The first kappa shape index (κ1) is 9.07. The lowest BCUT2D eigenvalue weighted by molar-refractivity contribution is 0.882. The van der Waals surface area contributed by atoms with Crippen molar-refractivity contribution >= 4 is 24.0 Å². The second-order valence-electron chi connectivity index (χ2n) is 2.46. The van der Waals surface area contributed by atoms with Crippen LogP contribution in [0.1, 0.15) is 24.0 Å². The minimum atomic E-state index is 0.902. The van der Waals surface area contributed by atoms with Gasteiger partial charge in [0.1, 0.15) is 0 Å². The molecule has 0 unspecified atom stereocenters. The van der Waals surface area contributed by atoms with E-state index in [4.69, 9.17) is 0 Å². The second kappa shape index (κ2) is 4.78. The van der Waals surface area contributed by atoms with Crippen molar-refractivity contribution in [3.63, 3.8) is 0 Å². The molecular weight excluding hydrogens is 174 g/mol. The Kier molecular flexibility index (Phi) is 3.94. The highest BCUT2D eigenvalue weighted by Crippen LogP contribution is 2.11.